The number of carboxylic acid groups (broad SMARTS) is 1. The van der Waals surface area contributed by atoms with Gasteiger partial charge in [0.1, 0.15) is 10.6 Å². The second kappa shape index (κ2) is 7.79. The molecule has 126 valence electrons. The van der Waals surface area contributed by atoms with E-state index in [0.717, 1.165) is 22.1 Å². The number of fused-ring (bicyclic) bond motifs is 1. The second-order valence-corrected chi connectivity index (χ2v) is 7.38. The quantitative estimate of drug-likeness (QED) is 0.576. The van der Waals surface area contributed by atoms with Crippen LogP contribution in [0.3, 0.4) is 0 Å². The average Bonchev–Trinajstić information content (AvgIpc) is 2.93. The van der Waals surface area contributed by atoms with Crippen LogP contribution in [0.25, 0.3) is 10.8 Å². The van der Waals surface area contributed by atoms with Crippen molar-refractivity contribution in [3.63, 3.8) is 0 Å². The van der Waals surface area contributed by atoms with Crippen LogP contribution >= 0.6 is 30.8 Å². The molecule has 6 nitrogen and oxygen atoms in total. The molecule has 0 atom stereocenters. The Morgan fingerprint density at radius 1 is 1.04 bits per heavy atom. The van der Waals surface area contributed by atoms with Crippen molar-refractivity contribution in [2.45, 2.75) is 0 Å². The molecule has 0 spiro atoms. The van der Waals surface area contributed by atoms with E-state index < -0.39 is 13.8 Å². The standard InChI is InChI=1S/C10H9O4P.C5H3ClO2S/c11-15(12,13)14-10-6-5-8-3-1-2-4-9(8)7-10;6-4-2-1-3(9-4)5(7)8/h1-7H,(H2,11,12,13);1-2H,(H,7,8). The first-order valence-corrected chi connectivity index (χ1v) is 9.20. The minimum absolute atomic E-state index is 0.169. The maximum atomic E-state index is 10.6. The highest BCUT2D eigenvalue weighted by Gasteiger charge is 2.15. The summed E-state index contributed by atoms with van der Waals surface area (Å²) in [5, 5.41) is 10.2. The highest BCUT2D eigenvalue weighted by atomic mass is 35.5. The fraction of sp³-hybridized carbons (Fsp3) is 0. The van der Waals surface area contributed by atoms with Gasteiger partial charge in [0, 0.05) is 0 Å². The Bertz CT molecular complexity index is 904. The minimum Gasteiger partial charge on any atom is -0.477 e. The number of carboxylic acids is 1. The van der Waals surface area contributed by atoms with E-state index in [1.807, 2.05) is 24.3 Å². The molecule has 2 aromatic carbocycles. The van der Waals surface area contributed by atoms with Crippen LogP contribution in [0.2, 0.25) is 4.34 Å². The number of hydrogen-bond acceptors (Lipinski definition) is 4. The van der Waals surface area contributed by atoms with Crippen LogP contribution in [0.1, 0.15) is 9.67 Å². The zero-order chi connectivity index (χ0) is 17.7. The van der Waals surface area contributed by atoms with Gasteiger partial charge < -0.3 is 9.63 Å². The molecule has 3 N–H and O–H groups in total. The van der Waals surface area contributed by atoms with Gasteiger partial charge in [-0.05, 0) is 35.0 Å². The Morgan fingerprint density at radius 3 is 2.21 bits per heavy atom. The van der Waals surface area contributed by atoms with Gasteiger partial charge in [-0.3, -0.25) is 9.79 Å². The van der Waals surface area contributed by atoms with Crippen molar-refractivity contribution in [1.82, 2.24) is 0 Å². The lowest BCUT2D eigenvalue weighted by Gasteiger charge is -2.07. The summed E-state index contributed by atoms with van der Waals surface area (Å²) in [5.74, 6) is -0.756. The van der Waals surface area contributed by atoms with Gasteiger partial charge >= 0.3 is 13.8 Å². The van der Waals surface area contributed by atoms with E-state index in [0.29, 0.717) is 4.34 Å². The lowest BCUT2D eigenvalue weighted by Crippen LogP contribution is -1.89. The van der Waals surface area contributed by atoms with Crippen LogP contribution in [-0.2, 0) is 4.57 Å². The van der Waals surface area contributed by atoms with Gasteiger partial charge in [0.25, 0.3) is 0 Å². The van der Waals surface area contributed by atoms with Crippen molar-refractivity contribution in [3.8, 4) is 5.75 Å². The van der Waals surface area contributed by atoms with E-state index in [1.165, 1.54) is 12.1 Å². The van der Waals surface area contributed by atoms with E-state index in [1.54, 1.807) is 18.2 Å². The number of halogens is 1. The Morgan fingerprint density at radius 2 is 1.71 bits per heavy atom. The first kappa shape index (κ1) is 18.4. The van der Waals surface area contributed by atoms with E-state index in [2.05, 4.69) is 4.52 Å². The Hall–Kier alpha value is -1.89. The molecule has 0 fully saturated rings. The zero-order valence-corrected chi connectivity index (χ0v) is 14.5. The summed E-state index contributed by atoms with van der Waals surface area (Å²) in [5.41, 5.74) is 0. The maximum absolute atomic E-state index is 10.6. The molecule has 0 bridgehead atoms. The number of phosphoric acid groups is 1. The summed E-state index contributed by atoms with van der Waals surface area (Å²) in [6.45, 7) is 0. The lowest BCUT2D eigenvalue weighted by molar-refractivity contribution is 0.0702. The molecule has 9 heteroatoms. The predicted molar refractivity (Wildman–Crippen MR) is 92.9 cm³/mol. The SMILES string of the molecule is O=C(O)c1ccc(Cl)s1.O=P(O)(O)Oc1ccc2ccccc2c1. The number of phosphoric ester groups is 1. The summed E-state index contributed by atoms with van der Waals surface area (Å²) in [7, 11) is -4.47. The third kappa shape index (κ3) is 5.63. The molecule has 1 heterocycles. The molecular weight excluding hydrogens is 375 g/mol. The molecule has 1 aromatic heterocycles. The Kier molecular flexibility index (Phi) is 5.99. The van der Waals surface area contributed by atoms with Crippen molar-refractivity contribution in [2.75, 3.05) is 0 Å². The van der Waals surface area contributed by atoms with E-state index in [9.17, 15) is 9.36 Å². The third-order valence-corrected chi connectivity index (χ3v) is 4.40. The van der Waals surface area contributed by atoms with Gasteiger partial charge in [-0.1, -0.05) is 41.9 Å². The normalized spacial score (nSPS) is 10.8. The van der Waals surface area contributed by atoms with Gasteiger partial charge in [0.05, 0.1) is 4.34 Å². The highest BCUT2D eigenvalue weighted by molar-refractivity contribution is 7.46. The molecule has 3 rings (SSSR count). The van der Waals surface area contributed by atoms with E-state index in [-0.39, 0.29) is 10.6 Å². The molecule has 0 aliphatic carbocycles. The summed E-state index contributed by atoms with van der Waals surface area (Å²) >= 11 is 6.52. The number of aromatic carboxylic acids is 1. The highest BCUT2D eigenvalue weighted by Crippen LogP contribution is 2.38. The Labute approximate surface area is 146 Å². The fourth-order valence-electron chi connectivity index (χ4n) is 1.79. The van der Waals surface area contributed by atoms with Crippen LogP contribution in [0.5, 0.6) is 5.75 Å². The largest absolute Gasteiger partial charge is 0.524 e. The molecule has 0 unspecified atom stereocenters. The van der Waals surface area contributed by atoms with Crippen molar-refractivity contribution in [2.24, 2.45) is 0 Å². The Balaban J connectivity index is 0.000000198. The summed E-state index contributed by atoms with van der Waals surface area (Å²) < 4.78 is 15.6. The topological polar surface area (TPSA) is 104 Å². The maximum Gasteiger partial charge on any atom is 0.524 e. The first-order valence-electron chi connectivity index (χ1n) is 6.47. The molecule has 0 aliphatic heterocycles. The molecule has 3 aromatic rings. The van der Waals surface area contributed by atoms with Crippen molar-refractivity contribution in [1.29, 1.82) is 0 Å². The van der Waals surface area contributed by atoms with E-state index in [4.69, 9.17) is 26.5 Å². The minimum atomic E-state index is -4.47. The molecule has 24 heavy (non-hydrogen) atoms. The van der Waals surface area contributed by atoms with Crippen LogP contribution in [0.4, 0.5) is 0 Å². The van der Waals surface area contributed by atoms with Crippen LogP contribution in [0.15, 0.2) is 54.6 Å². The molecule has 0 amide bonds. The zero-order valence-electron chi connectivity index (χ0n) is 12.0. The first-order chi connectivity index (χ1) is 11.2. The number of rotatable bonds is 3. The smallest absolute Gasteiger partial charge is 0.477 e. The number of thiophene rings is 1. The molecule has 0 saturated heterocycles. The number of carbonyl (C=O) groups is 1. The average molecular weight is 387 g/mol. The summed E-state index contributed by atoms with van der Waals surface area (Å²) in [6.07, 6.45) is 0. The van der Waals surface area contributed by atoms with Crippen molar-refractivity contribution >= 4 is 47.5 Å². The fourth-order valence-corrected chi connectivity index (χ4v) is 3.06. The molecule has 0 radical (unpaired) electrons. The van der Waals surface area contributed by atoms with Crippen LogP contribution < -0.4 is 4.52 Å². The van der Waals surface area contributed by atoms with Gasteiger partial charge in [0.15, 0.2) is 0 Å². The van der Waals surface area contributed by atoms with Gasteiger partial charge in [-0.25, -0.2) is 9.36 Å². The molecule has 0 saturated carbocycles. The van der Waals surface area contributed by atoms with Gasteiger partial charge in [-0.2, -0.15) is 0 Å². The second-order valence-electron chi connectivity index (χ2n) is 4.50. The van der Waals surface area contributed by atoms with Gasteiger partial charge in [-0.15, -0.1) is 11.3 Å². The molecule has 0 aliphatic rings. The predicted octanol–water partition coefficient (Wildman–Crippen LogP) is 4.41. The van der Waals surface area contributed by atoms with E-state index >= 15 is 0 Å². The number of hydrogen-bond donors (Lipinski definition) is 3. The monoisotopic (exact) mass is 386 g/mol. The number of benzene rings is 2. The summed E-state index contributed by atoms with van der Waals surface area (Å²) in [6, 6.07) is 15.4. The van der Waals surface area contributed by atoms with Crippen LogP contribution in [-0.4, -0.2) is 20.9 Å². The van der Waals surface area contributed by atoms with Crippen LogP contribution in [0, 0.1) is 0 Å². The van der Waals surface area contributed by atoms with Gasteiger partial charge in [0.2, 0.25) is 0 Å². The van der Waals surface area contributed by atoms with Crippen molar-refractivity contribution < 1.29 is 28.8 Å². The van der Waals surface area contributed by atoms with Crippen molar-refractivity contribution in [3.05, 3.63) is 63.8 Å². The lowest BCUT2D eigenvalue weighted by atomic mass is 10.1. The summed E-state index contributed by atoms with van der Waals surface area (Å²) in [4.78, 5) is 27.7. The molecular formula is C15H12ClO6PS. The third-order valence-electron chi connectivity index (χ3n) is 2.73.